The molecule has 160 valence electrons. The summed E-state index contributed by atoms with van der Waals surface area (Å²) < 4.78 is 12.2. The van der Waals surface area contributed by atoms with E-state index in [0.717, 1.165) is 35.3 Å². The Morgan fingerprint density at radius 3 is 2.81 bits per heavy atom. The lowest BCUT2D eigenvalue weighted by Crippen LogP contribution is -2.43. The van der Waals surface area contributed by atoms with Gasteiger partial charge in [0.25, 0.3) is 0 Å². The van der Waals surface area contributed by atoms with Gasteiger partial charge in [0, 0.05) is 20.0 Å². The number of nitriles is 1. The summed E-state index contributed by atoms with van der Waals surface area (Å²) in [4.78, 5) is 24.1. The van der Waals surface area contributed by atoms with E-state index in [-0.39, 0.29) is 5.91 Å². The van der Waals surface area contributed by atoms with Crippen molar-refractivity contribution in [1.82, 2.24) is 15.2 Å². The zero-order valence-corrected chi connectivity index (χ0v) is 17.3. The largest absolute Gasteiger partial charge is 0.419 e. The van der Waals surface area contributed by atoms with Crippen LogP contribution in [0.1, 0.15) is 12.0 Å². The second-order valence-corrected chi connectivity index (χ2v) is 7.60. The number of carbonyl (C=O) groups is 1. The molecule has 3 aromatic rings. The molecular formula is C23H24N4O4. The molecule has 2 N–H and O–H groups in total. The molecule has 1 amide bonds. The minimum atomic E-state index is -0.630. The number of aromatic nitrogens is 1. The Bertz CT molecular complexity index is 1160. The molecule has 2 atom stereocenters. The lowest BCUT2D eigenvalue weighted by atomic mass is 10.0. The fourth-order valence-corrected chi connectivity index (χ4v) is 3.69. The second-order valence-electron chi connectivity index (χ2n) is 7.60. The average molecular weight is 420 g/mol. The Labute approximate surface area is 179 Å². The Balaban J connectivity index is 1.43. The quantitative estimate of drug-likeness (QED) is 0.651. The van der Waals surface area contributed by atoms with Crippen molar-refractivity contribution in [2.24, 2.45) is 7.05 Å². The smallest absolute Gasteiger partial charge is 0.408 e. The number of carbonyl (C=O) groups excluding carboxylic acids is 1. The van der Waals surface area contributed by atoms with Gasteiger partial charge in [0.15, 0.2) is 5.58 Å². The maximum Gasteiger partial charge on any atom is 0.419 e. The highest BCUT2D eigenvalue weighted by Crippen LogP contribution is 2.24. The van der Waals surface area contributed by atoms with Crippen LogP contribution in [0.4, 0.5) is 0 Å². The van der Waals surface area contributed by atoms with Gasteiger partial charge in [-0.1, -0.05) is 30.3 Å². The van der Waals surface area contributed by atoms with E-state index >= 15 is 0 Å². The summed E-state index contributed by atoms with van der Waals surface area (Å²) >= 11 is 0. The molecule has 0 spiro atoms. The van der Waals surface area contributed by atoms with Gasteiger partial charge < -0.3 is 19.8 Å². The molecule has 1 aliphatic rings. The highest BCUT2D eigenvalue weighted by Gasteiger charge is 2.23. The third-order valence-corrected chi connectivity index (χ3v) is 5.46. The summed E-state index contributed by atoms with van der Waals surface area (Å²) in [5, 5.41) is 15.5. The van der Waals surface area contributed by atoms with Gasteiger partial charge in [-0.15, -0.1) is 0 Å². The molecule has 1 fully saturated rings. The van der Waals surface area contributed by atoms with Gasteiger partial charge in [0.2, 0.25) is 5.91 Å². The maximum atomic E-state index is 12.4. The van der Waals surface area contributed by atoms with E-state index in [1.165, 1.54) is 4.57 Å². The molecule has 0 radical (unpaired) electrons. The van der Waals surface area contributed by atoms with Crippen molar-refractivity contribution in [3.63, 3.8) is 0 Å². The first-order valence-electron chi connectivity index (χ1n) is 10.3. The van der Waals surface area contributed by atoms with Crippen LogP contribution in [0.3, 0.4) is 0 Å². The van der Waals surface area contributed by atoms with Crippen molar-refractivity contribution >= 4 is 17.0 Å². The van der Waals surface area contributed by atoms with Crippen LogP contribution in [0.2, 0.25) is 0 Å². The molecule has 1 saturated heterocycles. The molecule has 8 nitrogen and oxygen atoms in total. The number of fused-ring (bicyclic) bond motifs is 1. The normalized spacial score (nSPS) is 17.6. The van der Waals surface area contributed by atoms with Gasteiger partial charge in [0.05, 0.1) is 18.2 Å². The van der Waals surface area contributed by atoms with E-state index in [1.807, 2.05) is 36.4 Å². The standard InChI is InChI=1S/C23H24N4O4/c1-27-19-13-17(6-7-20(19)31-23(27)29)16-4-2-15(3-5-16)12-18(14-24)26-22(28)21-8-9-25-10-11-30-21/h2-7,13,18,21,25H,8-12H2,1H3,(H,26,28)/t18-,21?/m0/s1. The summed E-state index contributed by atoms with van der Waals surface area (Å²) in [7, 11) is 1.67. The first kappa shape index (κ1) is 20.8. The fraction of sp³-hybridized carbons (Fsp3) is 0.348. The minimum absolute atomic E-state index is 0.245. The van der Waals surface area contributed by atoms with Crippen molar-refractivity contribution in [1.29, 1.82) is 5.26 Å². The number of hydrogen-bond acceptors (Lipinski definition) is 6. The zero-order chi connectivity index (χ0) is 21.8. The number of benzene rings is 2. The first-order valence-corrected chi connectivity index (χ1v) is 10.3. The van der Waals surface area contributed by atoms with Gasteiger partial charge in [0.1, 0.15) is 12.1 Å². The van der Waals surface area contributed by atoms with E-state index in [0.29, 0.717) is 25.0 Å². The first-order chi connectivity index (χ1) is 15.0. The van der Waals surface area contributed by atoms with Crippen LogP contribution in [-0.4, -0.2) is 42.3 Å². The molecule has 1 aliphatic heterocycles. The van der Waals surface area contributed by atoms with E-state index in [4.69, 9.17) is 9.15 Å². The monoisotopic (exact) mass is 420 g/mol. The minimum Gasteiger partial charge on any atom is -0.408 e. The molecule has 2 aromatic carbocycles. The van der Waals surface area contributed by atoms with E-state index < -0.39 is 17.9 Å². The number of ether oxygens (including phenoxy) is 1. The Morgan fingerprint density at radius 2 is 2.03 bits per heavy atom. The van der Waals surface area contributed by atoms with Crippen LogP contribution in [0.25, 0.3) is 22.2 Å². The van der Waals surface area contributed by atoms with Gasteiger partial charge >= 0.3 is 5.76 Å². The van der Waals surface area contributed by atoms with Crippen LogP contribution in [0, 0.1) is 11.3 Å². The van der Waals surface area contributed by atoms with Gasteiger partial charge in [-0.25, -0.2) is 4.79 Å². The number of nitrogens with zero attached hydrogens (tertiary/aromatic N) is 2. The number of hydrogen-bond donors (Lipinski definition) is 2. The maximum absolute atomic E-state index is 12.4. The number of oxazole rings is 1. The zero-order valence-electron chi connectivity index (χ0n) is 17.3. The Kier molecular flexibility index (Phi) is 6.16. The number of amides is 1. The molecule has 2 heterocycles. The summed E-state index contributed by atoms with van der Waals surface area (Å²) in [5.41, 5.74) is 4.16. The highest BCUT2D eigenvalue weighted by atomic mass is 16.5. The van der Waals surface area contributed by atoms with Crippen LogP contribution in [0.15, 0.2) is 51.7 Å². The SMILES string of the molecule is Cn1c(=O)oc2ccc(-c3ccc(C[C@@H](C#N)NC(=O)C4CCNCCO4)cc3)cc21. The molecular weight excluding hydrogens is 396 g/mol. The summed E-state index contributed by atoms with van der Waals surface area (Å²) in [6.45, 7) is 1.92. The predicted molar refractivity (Wildman–Crippen MR) is 115 cm³/mol. The van der Waals surface area contributed by atoms with Crippen LogP contribution >= 0.6 is 0 Å². The van der Waals surface area contributed by atoms with Crippen molar-refractivity contribution in [3.05, 3.63) is 58.6 Å². The van der Waals surface area contributed by atoms with Crippen molar-refractivity contribution in [2.45, 2.75) is 25.0 Å². The number of rotatable bonds is 5. The third kappa shape index (κ3) is 4.68. The molecule has 31 heavy (non-hydrogen) atoms. The van der Waals surface area contributed by atoms with Crippen molar-refractivity contribution in [2.75, 3.05) is 19.7 Å². The van der Waals surface area contributed by atoms with Gasteiger partial charge in [-0.3, -0.25) is 9.36 Å². The lowest BCUT2D eigenvalue weighted by Gasteiger charge is -2.17. The summed E-state index contributed by atoms with van der Waals surface area (Å²) in [5.74, 6) is -0.636. The summed E-state index contributed by atoms with van der Waals surface area (Å²) in [6, 6.07) is 14.9. The van der Waals surface area contributed by atoms with E-state index in [9.17, 15) is 14.9 Å². The highest BCUT2D eigenvalue weighted by molar-refractivity contribution is 5.82. The molecule has 0 saturated carbocycles. The molecule has 0 aliphatic carbocycles. The van der Waals surface area contributed by atoms with Crippen LogP contribution < -0.4 is 16.4 Å². The number of aryl methyl sites for hydroxylation is 1. The van der Waals surface area contributed by atoms with Crippen LogP contribution in [-0.2, 0) is 23.0 Å². The molecule has 4 rings (SSSR count). The topological polar surface area (TPSA) is 109 Å². The molecule has 1 aromatic heterocycles. The lowest BCUT2D eigenvalue weighted by molar-refractivity contribution is -0.132. The van der Waals surface area contributed by atoms with Gasteiger partial charge in [-0.05, 0) is 41.8 Å². The second kappa shape index (κ2) is 9.16. The molecule has 0 bridgehead atoms. The number of nitrogens with one attached hydrogen (secondary N) is 2. The molecule has 8 heteroatoms. The Hall–Kier alpha value is -3.41. The predicted octanol–water partition coefficient (Wildman–Crippen LogP) is 1.73. The van der Waals surface area contributed by atoms with E-state index in [2.05, 4.69) is 16.7 Å². The van der Waals surface area contributed by atoms with Crippen molar-refractivity contribution in [3.8, 4) is 17.2 Å². The van der Waals surface area contributed by atoms with Crippen molar-refractivity contribution < 1.29 is 13.9 Å². The van der Waals surface area contributed by atoms with E-state index in [1.54, 1.807) is 13.1 Å². The fourth-order valence-electron chi connectivity index (χ4n) is 3.69. The van der Waals surface area contributed by atoms with Gasteiger partial charge in [-0.2, -0.15) is 5.26 Å². The third-order valence-electron chi connectivity index (χ3n) is 5.46. The summed E-state index contributed by atoms with van der Waals surface area (Å²) in [6.07, 6.45) is 0.468. The average Bonchev–Trinajstić information content (AvgIpc) is 2.96. The molecule has 1 unspecified atom stereocenters. The Morgan fingerprint density at radius 1 is 1.26 bits per heavy atom. The van der Waals surface area contributed by atoms with Crippen LogP contribution in [0.5, 0.6) is 0 Å².